The molecule has 1 N–H and O–H groups in total. The van der Waals surface area contributed by atoms with Crippen molar-refractivity contribution in [1.82, 2.24) is 10.3 Å². The van der Waals surface area contributed by atoms with Gasteiger partial charge in [0.1, 0.15) is 0 Å². The first kappa shape index (κ1) is 12.8. The number of hydrogen-bond donors (Lipinski definition) is 1. The molecule has 0 aliphatic carbocycles. The first-order valence-electron chi connectivity index (χ1n) is 6.73. The fourth-order valence-electron chi connectivity index (χ4n) is 2.56. The van der Waals surface area contributed by atoms with E-state index >= 15 is 0 Å². The summed E-state index contributed by atoms with van der Waals surface area (Å²) in [7, 11) is 1.81. The van der Waals surface area contributed by atoms with Gasteiger partial charge in [-0.25, -0.2) is 0 Å². The van der Waals surface area contributed by atoms with Crippen molar-refractivity contribution >= 4 is 11.6 Å². The molecule has 4 heteroatoms. The standard InChI is InChI=1S/C16H17N3O/c1-19(14-6-8-17-9-7-14)16(20)15-10-12-4-2-3-5-13(12)11-18-15/h2-9,15,18H,10-11H2,1H3/t15-/m1/s1. The number of likely N-dealkylation sites (N-methyl/N-ethyl adjacent to an activating group) is 1. The van der Waals surface area contributed by atoms with Crippen LogP contribution in [0.15, 0.2) is 48.8 Å². The van der Waals surface area contributed by atoms with Crippen LogP contribution in [-0.4, -0.2) is 24.0 Å². The molecule has 102 valence electrons. The van der Waals surface area contributed by atoms with Crippen LogP contribution in [0.2, 0.25) is 0 Å². The van der Waals surface area contributed by atoms with E-state index in [0.717, 1.165) is 18.7 Å². The molecule has 0 radical (unpaired) electrons. The Morgan fingerprint density at radius 1 is 1.20 bits per heavy atom. The highest BCUT2D eigenvalue weighted by atomic mass is 16.2. The number of rotatable bonds is 2. The zero-order valence-electron chi connectivity index (χ0n) is 11.4. The summed E-state index contributed by atoms with van der Waals surface area (Å²) in [6.45, 7) is 0.747. The monoisotopic (exact) mass is 267 g/mol. The van der Waals surface area contributed by atoms with Gasteiger partial charge in [0, 0.05) is 31.7 Å². The molecule has 1 atom stereocenters. The molecule has 1 aromatic carbocycles. The summed E-state index contributed by atoms with van der Waals surface area (Å²) in [6.07, 6.45) is 4.13. The first-order valence-corrected chi connectivity index (χ1v) is 6.73. The van der Waals surface area contributed by atoms with Crippen molar-refractivity contribution in [2.75, 3.05) is 11.9 Å². The van der Waals surface area contributed by atoms with E-state index in [1.54, 1.807) is 24.3 Å². The lowest BCUT2D eigenvalue weighted by Gasteiger charge is -2.29. The van der Waals surface area contributed by atoms with Crippen molar-refractivity contribution in [3.8, 4) is 0 Å². The van der Waals surface area contributed by atoms with Gasteiger partial charge in [-0.05, 0) is 29.7 Å². The maximum absolute atomic E-state index is 12.6. The highest BCUT2D eigenvalue weighted by Crippen LogP contribution is 2.19. The quantitative estimate of drug-likeness (QED) is 0.901. The van der Waals surface area contributed by atoms with Crippen molar-refractivity contribution in [3.63, 3.8) is 0 Å². The molecular formula is C16H17N3O. The molecule has 0 unspecified atom stereocenters. The van der Waals surface area contributed by atoms with E-state index in [2.05, 4.69) is 22.4 Å². The molecule has 0 saturated carbocycles. The normalized spacial score (nSPS) is 17.4. The first-order chi connectivity index (χ1) is 9.75. The number of benzene rings is 1. The maximum atomic E-state index is 12.6. The topological polar surface area (TPSA) is 45.2 Å². The Morgan fingerprint density at radius 3 is 2.65 bits per heavy atom. The summed E-state index contributed by atoms with van der Waals surface area (Å²) >= 11 is 0. The van der Waals surface area contributed by atoms with E-state index in [0.29, 0.717) is 0 Å². The van der Waals surface area contributed by atoms with Gasteiger partial charge in [0.15, 0.2) is 0 Å². The second-order valence-electron chi connectivity index (χ2n) is 5.01. The third-order valence-electron chi connectivity index (χ3n) is 3.76. The van der Waals surface area contributed by atoms with Crippen LogP contribution in [0.25, 0.3) is 0 Å². The number of hydrogen-bond acceptors (Lipinski definition) is 3. The number of aromatic nitrogens is 1. The Bertz CT molecular complexity index is 612. The molecule has 20 heavy (non-hydrogen) atoms. The minimum atomic E-state index is -0.164. The zero-order chi connectivity index (χ0) is 13.9. The van der Waals surface area contributed by atoms with E-state index in [4.69, 9.17) is 0 Å². The fourth-order valence-corrected chi connectivity index (χ4v) is 2.56. The van der Waals surface area contributed by atoms with E-state index in [1.165, 1.54) is 11.1 Å². The van der Waals surface area contributed by atoms with E-state index in [1.807, 2.05) is 24.3 Å². The van der Waals surface area contributed by atoms with Crippen molar-refractivity contribution in [2.45, 2.75) is 19.0 Å². The van der Waals surface area contributed by atoms with Gasteiger partial charge in [-0.2, -0.15) is 0 Å². The Balaban J connectivity index is 1.76. The molecule has 1 amide bonds. The second-order valence-corrected chi connectivity index (χ2v) is 5.01. The molecule has 0 spiro atoms. The van der Waals surface area contributed by atoms with Gasteiger partial charge in [0.2, 0.25) is 5.91 Å². The Kier molecular flexibility index (Phi) is 3.48. The van der Waals surface area contributed by atoms with Crippen molar-refractivity contribution in [2.24, 2.45) is 0 Å². The number of fused-ring (bicyclic) bond motifs is 1. The van der Waals surface area contributed by atoms with E-state index in [9.17, 15) is 4.79 Å². The van der Waals surface area contributed by atoms with Crippen LogP contribution in [0.5, 0.6) is 0 Å². The van der Waals surface area contributed by atoms with Gasteiger partial charge in [-0.3, -0.25) is 9.78 Å². The summed E-state index contributed by atoms with van der Waals surface area (Å²) < 4.78 is 0. The molecule has 2 aromatic rings. The van der Waals surface area contributed by atoms with Crippen molar-refractivity contribution in [1.29, 1.82) is 0 Å². The number of pyridine rings is 1. The second kappa shape index (κ2) is 5.43. The minimum Gasteiger partial charge on any atom is -0.314 e. The Hall–Kier alpha value is -2.20. The van der Waals surface area contributed by atoms with E-state index < -0.39 is 0 Å². The molecule has 3 rings (SSSR count). The van der Waals surface area contributed by atoms with Crippen molar-refractivity contribution < 1.29 is 4.79 Å². The van der Waals surface area contributed by atoms with Gasteiger partial charge in [0.05, 0.1) is 6.04 Å². The molecule has 4 nitrogen and oxygen atoms in total. The van der Waals surface area contributed by atoms with Gasteiger partial charge in [-0.15, -0.1) is 0 Å². The zero-order valence-corrected chi connectivity index (χ0v) is 11.4. The number of nitrogens with one attached hydrogen (secondary N) is 1. The van der Waals surface area contributed by atoms with Crippen LogP contribution < -0.4 is 10.2 Å². The molecule has 1 aromatic heterocycles. The molecule has 0 saturated heterocycles. The van der Waals surface area contributed by atoms with Crippen LogP contribution in [0.3, 0.4) is 0 Å². The average Bonchev–Trinajstić information content (AvgIpc) is 2.54. The fraction of sp³-hybridized carbons (Fsp3) is 0.250. The van der Waals surface area contributed by atoms with Crippen LogP contribution in [0, 0.1) is 0 Å². The third kappa shape index (κ3) is 2.42. The van der Waals surface area contributed by atoms with Gasteiger partial charge in [-0.1, -0.05) is 24.3 Å². The lowest BCUT2D eigenvalue weighted by atomic mass is 9.95. The summed E-state index contributed by atoms with van der Waals surface area (Å²) in [6, 6.07) is 11.8. The maximum Gasteiger partial charge on any atom is 0.244 e. The lowest BCUT2D eigenvalue weighted by molar-refractivity contribution is -0.120. The highest BCUT2D eigenvalue weighted by molar-refractivity contribution is 5.97. The number of carbonyl (C=O) groups excluding carboxylic acids is 1. The Labute approximate surface area is 118 Å². The van der Waals surface area contributed by atoms with Gasteiger partial charge < -0.3 is 10.2 Å². The highest BCUT2D eigenvalue weighted by Gasteiger charge is 2.26. The van der Waals surface area contributed by atoms with Crippen molar-refractivity contribution in [3.05, 3.63) is 59.9 Å². The average molecular weight is 267 g/mol. The van der Waals surface area contributed by atoms with Crippen LogP contribution >= 0.6 is 0 Å². The van der Waals surface area contributed by atoms with Crippen LogP contribution in [-0.2, 0) is 17.8 Å². The number of nitrogens with zero attached hydrogens (tertiary/aromatic N) is 2. The van der Waals surface area contributed by atoms with E-state index in [-0.39, 0.29) is 11.9 Å². The SMILES string of the molecule is CN(C(=O)[C@H]1Cc2ccccc2CN1)c1ccncc1. The summed E-state index contributed by atoms with van der Waals surface area (Å²) in [4.78, 5) is 18.2. The number of carbonyl (C=O) groups is 1. The Morgan fingerprint density at radius 2 is 1.90 bits per heavy atom. The largest absolute Gasteiger partial charge is 0.314 e. The van der Waals surface area contributed by atoms with Crippen LogP contribution in [0.4, 0.5) is 5.69 Å². The molecule has 1 aliphatic rings. The van der Waals surface area contributed by atoms with Crippen LogP contribution in [0.1, 0.15) is 11.1 Å². The molecular weight excluding hydrogens is 250 g/mol. The molecule has 2 heterocycles. The summed E-state index contributed by atoms with van der Waals surface area (Å²) in [5, 5.41) is 3.32. The lowest BCUT2D eigenvalue weighted by Crippen LogP contribution is -2.48. The predicted octanol–water partition coefficient (Wildman–Crippen LogP) is 1.76. The molecule has 0 bridgehead atoms. The summed E-state index contributed by atoms with van der Waals surface area (Å²) in [5.74, 6) is 0.0886. The molecule has 1 aliphatic heterocycles. The minimum absolute atomic E-state index is 0.0886. The van der Waals surface area contributed by atoms with Gasteiger partial charge in [0.25, 0.3) is 0 Å². The smallest absolute Gasteiger partial charge is 0.244 e. The summed E-state index contributed by atoms with van der Waals surface area (Å²) in [5.41, 5.74) is 3.40. The number of anilines is 1. The predicted molar refractivity (Wildman–Crippen MR) is 78.4 cm³/mol. The molecule has 0 fully saturated rings. The third-order valence-corrected chi connectivity index (χ3v) is 3.76. The number of amides is 1. The van der Waals surface area contributed by atoms with Gasteiger partial charge >= 0.3 is 0 Å².